The summed E-state index contributed by atoms with van der Waals surface area (Å²) in [5.41, 5.74) is 7.72. The van der Waals surface area contributed by atoms with Gasteiger partial charge in [-0.1, -0.05) is 0 Å². The quantitative estimate of drug-likeness (QED) is 0.213. The number of ether oxygens (including phenoxy) is 3. The van der Waals surface area contributed by atoms with Crippen LogP contribution in [0.5, 0.6) is 11.5 Å². The third-order valence-electron chi connectivity index (χ3n) is 2.95. The van der Waals surface area contributed by atoms with Gasteiger partial charge in [-0.15, -0.1) is 0 Å². The van der Waals surface area contributed by atoms with Gasteiger partial charge in [0.2, 0.25) is 0 Å². The van der Waals surface area contributed by atoms with Crippen molar-refractivity contribution in [2.45, 2.75) is 6.42 Å². The second kappa shape index (κ2) is 11.4. The van der Waals surface area contributed by atoms with Crippen LogP contribution in [0.25, 0.3) is 0 Å². The Hall–Kier alpha value is -3.14. The summed E-state index contributed by atoms with van der Waals surface area (Å²) in [6.45, 7) is 0.536. The number of methoxy groups -OCH3 is 2. The van der Waals surface area contributed by atoms with Gasteiger partial charge in [0.25, 0.3) is 5.91 Å². The van der Waals surface area contributed by atoms with Crippen LogP contribution in [0.3, 0.4) is 0 Å². The molecule has 10 heteroatoms. The SMILES string of the molecule is COCCCNC(=O)C(=O)N/N=C\c1ccc(OCC(N)=O)c(OC)c1. The number of nitrogens with one attached hydrogen (secondary N) is 2. The molecule has 1 aromatic carbocycles. The van der Waals surface area contributed by atoms with Crippen LogP contribution in [-0.2, 0) is 19.1 Å². The van der Waals surface area contributed by atoms with E-state index in [0.717, 1.165) is 0 Å². The second-order valence-electron chi connectivity index (χ2n) is 4.97. The van der Waals surface area contributed by atoms with Crippen molar-refractivity contribution >= 4 is 23.9 Å². The van der Waals surface area contributed by atoms with Crippen molar-refractivity contribution < 1.29 is 28.6 Å². The molecule has 26 heavy (non-hydrogen) atoms. The molecule has 3 amide bonds. The van der Waals surface area contributed by atoms with Crippen molar-refractivity contribution in [1.82, 2.24) is 10.7 Å². The monoisotopic (exact) mass is 366 g/mol. The molecule has 0 heterocycles. The standard InChI is InChI=1S/C16H22N4O6/c1-24-7-3-6-18-15(22)16(23)20-19-9-11-4-5-12(13(8-11)25-2)26-10-14(17)21/h4-5,8-9H,3,6-7,10H2,1-2H3,(H2,17,21)(H,18,22)(H,20,23)/b19-9-. The minimum absolute atomic E-state index is 0.278. The normalized spacial score (nSPS) is 10.4. The molecule has 0 unspecified atom stereocenters. The Kier molecular flexibility index (Phi) is 9.18. The van der Waals surface area contributed by atoms with E-state index in [1.54, 1.807) is 25.3 Å². The first-order valence-corrected chi connectivity index (χ1v) is 7.67. The maximum atomic E-state index is 11.6. The number of nitrogens with two attached hydrogens (primary N) is 1. The van der Waals surface area contributed by atoms with Crippen LogP contribution in [0.4, 0.5) is 0 Å². The topological polar surface area (TPSA) is 141 Å². The van der Waals surface area contributed by atoms with E-state index in [4.69, 9.17) is 19.9 Å². The van der Waals surface area contributed by atoms with Crippen LogP contribution in [0.1, 0.15) is 12.0 Å². The summed E-state index contributed by atoms with van der Waals surface area (Å²) in [6.07, 6.45) is 1.93. The zero-order chi connectivity index (χ0) is 19.4. The van der Waals surface area contributed by atoms with Gasteiger partial charge in [-0.25, -0.2) is 5.43 Å². The Labute approximate surface area is 150 Å². The minimum atomic E-state index is -0.882. The zero-order valence-electron chi connectivity index (χ0n) is 14.6. The molecule has 0 aliphatic rings. The number of primary amides is 1. The lowest BCUT2D eigenvalue weighted by Crippen LogP contribution is -2.38. The maximum absolute atomic E-state index is 11.6. The van der Waals surface area contributed by atoms with Gasteiger partial charge in [0.1, 0.15) is 0 Å². The van der Waals surface area contributed by atoms with Crippen molar-refractivity contribution in [3.63, 3.8) is 0 Å². The fraction of sp³-hybridized carbons (Fsp3) is 0.375. The number of hydrogen-bond donors (Lipinski definition) is 3. The lowest BCUT2D eigenvalue weighted by atomic mass is 10.2. The summed E-state index contributed by atoms with van der Waals surface area (Å²) in [7, 11) is 2.98. The highest BCUT2D eigenvalue weighted by Crippen LogP contribution is 2.27. The van der Waals surface area contributed by atoms with E-state index < -0.39 is 17.7 Å². The predicted molar refractivity (Wildman–Crippen MR) is 92.9 cm³/mol. The summed E-state index contributed by atoms with van der Waals surface area (Å²) in [5.74, 6) is -1.58. The third-order valence-corrected chi connectivity index (χ3v) is 2.95. The lowest BCUT2D eigenvalue weighted by molar-refractivity contribution is -0.139. The Morgan fingerprint density at radius 3 is 2.62 bits per heavy atom. The highest BCUT2D eigenvalue weighted by atomic mass is 16.5. The van der Waals surface area contributed by atoms with Gasteiger partial charge in [0.05, 0.1) is 13.3 Å². The molecule has 10 nitrogen and oxygen atoms in total. The Balaban J connectivity index is 2.55. The molecule has 142 valence electrons. The molecule has 0 atom stereocenters. The van der Waals surface area contributed by atoms with Gasteiger partial charge in [0.15, 0.2) is 18.1 Å². The third kappa shape index (κ3) is 7.62. The number of hydrogen-bond acceptors (Lipinski definition) is 7. The molecule has 0 radical (unpaired) electrons. The average Bonchev–Trinajstić information content (AvgIpc) is 2.63. The molecule has 0 aromatic heterocycles. The molecule has 0 fully saturated rings. The van der Waals surface area contributed by atoms with Gasteiger partial charge in [-0.2, -0.15) is 5.10 Å². The van der Waals surface area contributed by atoms with Crippen LogP contribution in [0.2, 0.25) is 0 Å². The zero-order valence-corrected chi connectivity index (χ0v) is 14.6. The number of carbonyl (C=O) groups excluding carboxylic acids is 3. The number of rotatable bonds is 10. The first-order chi connectivity index (χ1) is 12.5. The summed E-state index contributed by atoms with van der Waals surface area (Å²) < 4.78 is 15.2. The van der Waals surface area contributed by atoms with Crippen LogP contribution in [-0.4, -0.2) is 57.9 Å². The first-order valence-electron chi connectivity index (χ1n) is 7.67. The Morgan fingerprint density at radius 1 is 1.19 bits per heavy atom. The Morgan fingerprint density at radius 2 is 1.96 bits per heavy atom. The van der Waals surface area contributed by atoms with Gasteiger partial charge in [0, 0.05) is 20.3 Å². The predicted octanol–water partition coefficient (Wildman–Crippen LogP) is -0.838. The summed E-state index contributed by atoms with van der Waals surface area (Å²) in [5, 5.41) is 6.14. The fourth-order valence-electron chi connectivity index (χ4n) is 1.75. The van der Waals surface area contributed by atoms with Crippen LogP contribution in [0, 0.1) is 0 Å². The highest BCUT2D eigenvalue weighted by Gasteiger charge is 2.11. The molecule has 1 aromatic rings. The van der Waals surface area contributed by atoms with Crippen molar-refractivity contribution in [3.8, 4) is 11.5 Å². The molecule has 0 spiro atoms. The summed E-state index contributed by atoms with van der Waals surface area (Å²) >= 11 is 0. The number of carbonyl (C=O) groups is 3. The van der Waals surface area contributed by atoms with Gasteiger partial charge < -0.3 is 25.3 Å². The van der Waals surface area contributed by atoms with E-state index in [-0.39, 0.29) is 6.61 Å². The molecule has 0 saturated carbocycles. The molecular weight excluding hydrogens is 344 g/mol. The molecule has 1 rings (SSSR count). The fourth-order valence-corrected chi connectivity index (χ4v) is 1.75. The van der Waals surface area contributed by atoms with Crippen molar-refractivity contribution in [3.05, 3.63) is 23.8 Å². The van der Waals surface area contributed by atoms with Crippen LogP contribution < -0.4 is 25.9 Å². The van der Waals surface area contributed by atoms with E-state index in [1.807, 2.05) is 0 Å². The van der Waals surface area contributed by atoms with E-state index in [2.05, 4.69) is 15.8 Å². The molecule has 0 bridgehead atoms. The summed E-state index contributed by atoms with van der Waals surface area (Å²) in [4.78, 5) is 33.8. The van der Waals surface area contributed by atoms with Crippen LogP contribution in [0.15, 0.2) is 23.3 Å². The summed E-state index contributed by atoms with van der Waals surface area (Å²) in [6, 6.07) is 4.77. The van der Waals surface area contributed by atoms with Crippen molar-refractivity contribution in [2.24, 2.45) is 10.8 Å². The lowest BCUT2D eigenvalue weighted by Gasteiger charge is -2.09. The van der Waals surface area contributed by atoms with E-state index in [9.17, 15) is 14.4 Å². The van der Waals surface area contributed by atoms with Gasteiger partial charge >= 0.3 is 11.8 Å². The van der Waals surface area contributed by atoms with E-state index in [1.165, 1.54) is 13.3 Å². The maximum Gasteiger partial charge on any atom is 0.329 e. The minimum Gasteiger partial charge on any atom is -0.493 e. The number of amides is 3. The van der Waals surface area contributed by atoms with E-state index >= 15 is 0 Å². The number of hydrazone groups is 1. The van der Waals surface area contributed by atoms with Gasteiger partial charge in [-0.05, 0) is 30.2 Å². The smallest absolute Gasteiger partial charge is 0.329 e. The Bertz CT molecular complexity index is 662. The molecule has 4 N–H and O–H groups in total. The first kappa shape index (κ1) is 20.9. The average molecular weight is 366 g/mol. The number of nitrogens with zero attached hydrogens (tertiary/aromatic N) is 1. The number of benzene rings is 1. The van der Waals surface area contributed by atoms with Gasteiger partial charge in [-0.3, -0.25) is 14.4 Å². The molecule has 0 saturated heterocycles. The largest absolute Gasteiger partial charge is 0.493 e. The second-order valence-corrected chi connectivity index (χ2v) is 4.97. The molecule has 0 aliphatic carbocycles. The molecule has 0 aliphatic heterocycles. The highest BCUT2D eigenvalue weighted by molar-refractivity contribution is 6.35. The van der Waals surface area contributed by atoms with Crippen molar-refractivity contribution in [2.75, 3.05) is 34.0 Å². The van der Waals surface area contributed by atoms with Crippen molar-refractivity contribution in [1.29, 1.82) is 0 Å². The van der Waals surface area contributed by atoms with Crippen LogP contribution >= 0.6 is 0 Å². The molecular formula is C16H22N4O6. The van der Waals surface area contributed by atoms with E-state index in [0.29, 0.717) is 36.6 Å².